The van der Waals surface area contributed by atoms with E-state index in [-0.39, 0.29) is 0 Å². The molecule has 62 heavy (non-hydrogen) atoms. The number of rotatable bonds is 32. The molecule has 9 nitrogen and oxygen atoms in total. The van der Waals surface area contributed by atoms with Crippen LogP contribution in [0.5, 0.6) is 0 Å². The van der Waals surface area contributed by atoms with E-state index >= 15 is 0 Å². The Balaban J connectivity index is -0.000000230. The Morgan fingerprint density at radius 1 is 0.306 bits per heavy atom. The van der Waals surface area contributed by atoms with E-state index in [1.165, 1.54) is 0 Å². The Kier molecular flexibility index (Phi) is 63.0. The molecule has 0 aliphatic carbocycles. The van der Waals surface area contributed by atoms with Crippen LogP contribution in [0.2, 0.25) is 0 Å². The molecule has 0 aliphatic rings. The molecular formula is C40H72MoO9P4S8. The molecule has 0 aromatic heterocycles. The summed E-state index contributed by atoms with van der Waals surface area (Å²) < 4.78 is 49.8. The summed E-state index contributed by atoms with van der Waals surface area (Å²) in [7, 11) is 0. The minimum atomic E-state index is -2.53. The number of hydrogen-bond donors (Lipinski definition) is 0. The zero-order valence-corrected chi connectivity index (χ0v) is 49.8. The van der Waals surface area contributed by atoms with Crippen molar-refractivity contribution in [3.63, 3.8) is 0 Å². The van der Waals surface area contributed by atoms with Crippen LogP contribution in [0.1, 0.15) is 158 Å². The van der Waals surface area contributed by atoms with Gasteiger partial charge >= 0.3 is 23.2 Å². The first kappa shape index (κ1) is 71.8. The summed E-state index contributed by atoms with van der Waals surface area (Å²) in [5, 5.41) is 0. The third-order valence-corrected chi connectivity index (χ3v) is 13.1. The van der Waals surface area contributed by atoms with Gasteiger partial charge in [-0.15, -0.1) is 0 Å². The molecule has 0 amide bonds. The molecule has 0 atom stereocenters. The fraction of sp³-hybridized carbons (Fsp3) is 0.600. The van der Waals surface area contributed by atoms with Gasteiger partial charge in [-0.05, 0) is 147 Å². The monoisotopic (exact) mass is 1170 g/mol. The maximum absolute atomic E-state index is 8.26. The Hall–Kier alpha value is 0.808. The van der Waals surface area contributed by atoms with E-state index in [4.69, 9.17) is 136 Å². The van der Waals surface area contributed by atoms with E-state index in [0.29, 0.717) is 19.8 Å². The molecule has 0 aliphatic heterocycles. The van der Waals surface area contributed by atoms with Gasteiger partial charge in [-0.3, -0.25) is 0 Å². The van der Waals surface area contributed by atoms with E-state index in [2.05, 4.69) is 55.4 Å². The van der Waals surface area contributed by atoms with E-state index < -0.39 is 22.8 Å². The van der Waals surface area contributed by atoms with Crippen LogP contribution in [0.25, 0.3) is 0 Å². The van der Waals surface area contributed by atoms with Gasteiger partial charge in [0.2, 0.25) is 0 Å². The summed E-state index contributed by atoms with van der Waals surface area (Å²) in [6.07, 6.45) is 44.2. The second-order valence-corrected chi connectivity index (χ2v) is 31.5. The van der Waals surface area contributed by atoms with Gasteiger partial charge in [-0.25, -0.2) is 0 Å². The van der Waals surface area contributed by atoms with E-state index in [1.54, 1.807) is 50.1 Å². The SMILES string of the molecule is CCCC=COP(=S)([S-])OC=CCCC.CCCC=COP(=S)([S-])OC=CCCC.CCCC=COP(=S)([S-])OC=CCCC.CCCC=COP(=S)([S-])OC=CCCC.[O]=[Mo+4]. The molecule has 0 aromatic rings. The maximum atomic E-state index is 8.26. The molecule has 0 unspecified atom stereocenters. The zero-order valence-electron chi connectivity index (χ0n) is 37.7. The van der Waals surface area contributed by atoms with Crippen LogP contribution >= 0.6 is 22.8 Å². The summed E-state index contributed by atoms with van der Waals surface area (Å²) in [5.41, 5.74) is -10.1. The predicted molar refractivity (Wildman–Crippen MR) is 288 cm³/mol. The minimum absolute atomic E-state index is 0.700. The van der Waals surface area contributed by atoms with Crippen LogP contribution in [-0.4, -0.2) is 0 Å². The van der Waals surface area contributed by atoms with Crippen molar-refractivity contribution >= 4 is 119 Å². The molecule has 0 saturated heterocycles. The second-order valence-electron chi connectivity index (χ2n) is 11.9. The Morgan fingerprint density at radius 3 is 0.484 bits per heavy atom. The fourth-order valence-electron chi connectivity index (χ4n) is 2.92. The van der Waals surface area contributed by atoms with Gasteiger partial charge in [0.1, 0.15) is 0 Å². The van der Waals surface area contributed by atoms with Crippen molar-refractivity contribution in [2.24, 2.45) is 0 Å². The summed E-state index contributed by atoms with van der Waals surface area (Å²) in [6, 6.07) is 0. The fourth-order valence-corrected chi connectivity index (χ4v) is 7.38. The van der Waals surface area contributed by atoms with Crippen LogP contribution in [-0.2, 0) is 156 Å². The van der Waals surface area contributed by atoms with E-state index in [1.807, 2.05) is 48.6 Å². The molecule has 0 bridgehead atoms. The van der Waals surface area contributed by atoms with Gasteiger partial charge in [0.15, 0.2) is 22.8 Å². The molecule has 0 aromatic carbocycles. The number of hydrogen-bond acceptors (Lipinski definition) is 17. The van der Waals surface area contributed by atoms with Gasteiger partial charge in [0, 0.05) is 0 Å². The molecule has 0 saturated carbocycles. The summed E-state index contributed by atoms with van der Waals surface area (Å²) >= 11 is 40.9. The van der Waals surface area contributed by atoms with Gasteiger partial charge in [-0.2, -0.15) is 0 Å². The Morgan fingerprint density at radius 2 is 0.403 bits per heavy atom. The molecule has 0 rings (SSSR count). The van der Waals surface area contributed by atoms with E-state index in [9.17, 15) is 0 Å². The van der Waals surface area contributed by atoms with Crippen molar-refractivity contribution in [2.45, 2.75) is 158 Å². The van der Waals surface area contributed by atoms with Gasteiger partial charge in [-0.1, -0.05) is 107 Å². The average molecular weight is 1170 g/mol. The van der Waals surface area contributed by atoms with Gasteiger partial charge < -0.3 is 85.2 Å². The molecular weight excluding hydrogens is 1100 g/mol. The van der Waals surface area contributed by atoms with Gasteiger partial charge in [0.05, 0.1) is 50.1 Å². The Labute approximate surface area is 431 Å². The summed E-state index contributed by atoms with van der Waals surface area (Å²) in [6.45, 7) is 16.8. The molecule has 22 heteroatoms. The Bertz CT molecular complexity index is 1150. The molecule has 0 fully saturated rings. The predicted octanol–water partition coefficient (Wildman–Crippen LogP) is 17.6. The first-order valence-corrected chi connectivity index (χ1v) is 36.0. The third kappa shape index (κ3) is 67.4. The van der Waals surface area contributed by atoms with E-state index in [0.717, 1.165) is 103 Å². The molecule has 0 heterocycles. The van der Waals surface area contributed by atoms with Crippen LogP contribution in [0.15, 0.2) is 98.7 Å². The van der Waals surface area contributed by atoms with Crippen LogP contribution in [0, 0.1) is 0 Å². The molecule has 0 spiro atoms. The number of unbranched alkanes of at least 4 members (excludes halogenated alkanes) is 8. The third-order valence-electron chi connectivity index (χ3n) is 5.93. The molecule has 0 radical (unpaired) electrons. The quantitative estimate of drug-likeness (QED) is 0.0277. The molecule has 0 N–H and O–H groups in total. The van der Waals surface area contributed by atoms with Crippen molar-refractivity contribution in [1.82, 2.24) is 0 Å². The van der Waals surface area contributed by atoms with Gasteiger partial charge in [0.25, 0.3) is 0 Å². The second kappa shape index (κ2) is 54.4. The first-order valence-electron chi connectivity index (χ1n) is 20.6. The normalized spacial score (nSPS) is 15.3. The van der Waals surface area contributed by atoms with Crippen LogP contribution in [0.4, 0.5) is 0 Å². The zero-order chi connectivity index (χ0) is 48.3. The van der Waals surface area contributed by atoms with Crippen molar-refractivity contribution in [3.05, 3.63) is 98.7 Å². The van der Waals surface area contributed by atoms with Crippen molar-refractivity contribution in [1.29, 1.82) is 0 Å². The average Bonchev–Trinajstić information content (AvgIpc) is 3.23. The number of allylic oxidation sites excluding steroid dienone is 8. The van der Waals surface area contributed by atoms with Crippen LogP contribution in [0.3, 0.4) is 0 Å². The van der Waals surface area contributed by atoms with Crippen molar-refractivity contribution in [3.8, 4) is 0 Å². The summed E-state index contributed by atoms with van der Waals surface area (Å²) in [5.74, 6) is 0. The standard InChI is InChI=1S/4C10H19O2PS2.Mo.O/c4*1-3-5-7-9-11-13(14,15)12-10-8-6-4-2;;/h4*7-10H,3-6H2,1-2H3,(H,14,15);;/q;;;;+4;/p-4. The first-order chi connectivity index (χ1) is 29.5. The molecule has 360 valence electrons. The van der Waals surface area contributed by atoms with Crippen molar-refractivity contribution < 1.29 is 59.4 Å². The van der Waals surface area contributed by atoms with Crippen molar-refractivity contribution in [2.75, 3.05) is 0 Å². The summed E-state index contributed by atoms with van der Waals surface area (Å²) in [4.78, 5) is 0. The topological polar surface area (TPSA) is 90.9 Å². The van der Waals surface area contributed by atoms with Crippen LogP contribution < -0.4 is 0 Å².